The van der Waals surface area contributed by atoms with Crippen LogP contribution in [0.25, 0.3) is 11.1 Å². The van der Waals surface area contributed by atoms with E-state index in [2.05, 4.69) is 10.3 Å². The number of hydrogen-bond donors (Lipinski definition) is 1. The molecule has 1 aromatic carbocycles. The van der Waals surface area contributed by atoms with Crippen LogP contribution in [0.5, 0.6) is 0 Å². The molecular formula is C17H19N3O3S. The van der Waals surface area contributed by atoms with Crippen LogP contribution >= 0.6 is 0 Å². The molecule has 7 heteroatoms. The summed E-state index contributed by atoms with van der Waals surface area (Å²) in [4.78, 5) is 16.6. The summed E-state index contributed by atoms with van der Waals surface area (Å²) in [7, 11) is -3.38. The standard InChI is InChI=1S/C17H19N3O3S/c1-24(22,23)20-11-5-8-15(20)17(21)19-16-10-9-14(12-18-16)13-6-3-2-4-7-13/h2-4,6-7,9-10,12,15H,5,8,11H2,1H3,(H,18,19,21)/t15-/m0/s1. The van der Waals surface area contributed by atoms with Crippen molar-refractivity contribution >= 4 is 21.7 Å². The molecule has 0 bridgehead atoms. The van der Waals surface area contributed by atoms with E-state index in [-0.39, 0.29) is 5.91 Å². The Morgan fingerprint density at radius 1 is 1.17 bits per heavy atom. The van der Waals surface area contributed by atoms with E-state index in [1.54, 1.807) is 12.3 Å². The van der Waals surface area contributed by atoms with Gasteiger partial charge in [-0.25, -0.2) is 13.4 Å². The van der Waals surface area contributed by atoms with Gasteiger partial charge < -0.3 is 5.32 Å². The summed E-state index contributed by atoms with van der Waals surface area (Å²) in [6.45, 7) is 0.386. The smallest absolute Gasteiger partial charge is 0.243 e. The van der Waals surface area contributed by atoms with Crippen LogP contribution < -0.4 is 5.32 Å². The molecular weight excluding hydrogens is 326 g/mol. The highest BCUT2D eigenvalue weighted by Gasteiger charge is 2.36. The number of nitrogens with one attached hydrogen (secondary N) is 1. The summed E-state index contributed by atoms with van der Waals surface area (Å²) in [5, 5.41) is 2.71. The molecule has 0 aliphatic carbocycles. The third-order valence-electron chi connectivity index (χ3n) is 4.05. The predicted molar refractivity (Wildman–Crippen MR) is 92.9 cm³/mol. The molecule has 1 N–H and O–H groups in total. The average molecular weight is 345 g/mol. The van der Waals surface area contributed by atoms with Crippen molar-refractivity contribution in [2.75, 3.05) is 18.1 Å². The van der Waals surface area contributed by atoms with Crippen LogP contribution in [-0.4, -0.2) is 42.5 Å². The maximum absolute atomic E-state index is 12.4. The minimum atomic E-state index is -3.38. The van der Waals surface area contributed by atoms with Gasteiger partial charge in [0, 0.05) is 18.3 Å². The van der Waals surface area contributed by atoms with Crippen molar-refractivity contribution in [3.63, 3.8) is 0 Å². The number of aromatic nitrogens is 1. The number of hydrogen-bond acceptors (Lipinski definition) is 4. The van der Waals surface area contributed by atoms with Crippen molar-refractivity contribution in [3.05, 3.63) is 48.7 Å². The Morgan fingerprint density at radius 2 is 1.92 bits per heavy atom. The minimum Gasteiger partial charge on any atom is -0.309 e. The molecule has 1 fully saturated rings. The largest absolute Gasteiger partial charge is 0.309 e. The van der Waals surface area contributed by atoms with Crippen LogP contribution in [0, 0.1) is 0 Å². The first-order valence-electron chi connectivity index (χ1n) is 7.74. The molecule has 1 aliphatic heterocycles. The van der Waals surface area contributed by atoms with E-state index in [4.69, 9.17) is 0 Å². The Bertz CT molecular complexity index is 820. The highest BCUT2D eigenvalue weighted by atomic mass is 32.2. The number of sulfonamides is 1. The zero-order valence-corrected chi connectivity index (χ0v) is 14.2. The Hall–Kier alpha value is -2.25. The predicted octanol–water partition coefficient (Wildman–Crippen LogP) is 2.11. The number of benzene rings is 1. The summed E-state index contributed by atoms with van der Waals surface area (Å²) in [6, 6.07) is 12.8. The summed E-state index contributed by atoms with van der Waals surface area (Å²) in [5.74, 6) is 0.0814. The number of anilines is 1. The highest BCUT2D eigenvalue weighted by Crippen LogP contribution is 2.22. The number of nitrogens with zero attached hydrogens (tertiary/aromatic N) is 2. The van der Waals surface area contributed by atoms with Gasteiger partial charge in [-0.3, -0.25) is 4.79 Å². The monoisotopic (exact) mass is 345 g/mol. The first-order valence-corrected chi connectivity index (χ1v) is 9.59. The van der Waals surface area contributed by atoms with Crippen molar-refractivity contribution in [1.29, 1.82) is 0 Å². The molecule has 0 radical (unpaired) electrons. The van der Waals surface area contributed by atoms with E-state index in [9.17, 15) is 13.2 Å². The lowest BCUT2D eigenvalue weighted by Crippen LogP contribution is -2.42. The lowest BCUT2D eigenvalue weighted by molar-refractivity contribution is -0.119. The number of carbonyl (C=O) groups is 1. The number of rotatable bonds is 4. The van der Waals surface area contributed by atoms with Crippen molar-refractivity contribution < 1.29 is 13.2 Å². The van der Waals surface area contributed by atoms with Crippen LogP contribution in [0.3, 0.4) is 0 Å². The van der Waals surface area contributed by atoms with Gasteiger partial charge in [0.1, 0.15) is 11.9 Å². The van der Waals surface area contributed by atoms with E-state index in [1.807, 2.05) is 36.4 Å². The first kappa shape index (κ1) is 16.6. The normalized spacial score (nSPS) is 18.5. The minimum absolute atomic E-state index is 0.335. The quantitative estimate of drug-likeness (QED) is 0.920. The van der Waals surface area contributed by atoms with Crippen molar-refractivity contribution in [3.8, 4) is 11.1 Å². The van der Waals surface area contributed by atoms with E-state index in [1.165, 1.54) is 4.31 Å². The number of carbonyl (C=O) groups excluding carboxylic acids is 1. The molecule has 3 rings (SSSR count). The molecule has 1 aromatic heterocycles. The van der Waals surface area contributed by atoms with Crippen molar-refractivity contribution in [2.24, 2.45) is 0 Å². The number of amides is 1. The second-order valence-electron chi connectivity index (χ2n) is 5.82. The summed E-state index contributed by atoms with van der Waals surface area (Å²) >= 11 is 0. The average Bonchev–Trinajstić information content (AvgIpc) is 3.06. The van der Waals surface area contributed by atoms with Crippen molar-refractivity contribution in [1.82, 2.24) is 9.29 Å². The van der Waals surface area contributed by atoms with Gasteiger partial charge in [-0.05, 0) is 30.5 Å². The fourth-order valence-corrected chi connectivity index (χ4v) is 4.00. The molecule has 1 aliphatic rings. The molecule has 2 heterocycles. The van der Waals surface area contributed by atoms with Crippen LogP contribution in [0.2, 0.25) is 0 Å². The van der Waals surface area contributed by atoms with Crippen LogP contribution in [-0.2, 0) is 14.8 Å². The van der Waals surface area contributed by atoms with Crippen LogP contribution in [0.4, 0.5) is 5.82 Å². The fraction of sp³-hybridized carbons (Fsp3) is 0.294. The van der Waals surface area contributed by atoms with Gasteiger partial charge in [-0.1, -0.05) is 30.3 Å². The second kappa shape index (κ2) is 6.70. The fourth-order valence-electron chi connectivity index (χ4n) is 2.88. The Kier molecular flexibility index (Phi) is 4.64. The second-order valence-corrected chi connectivity index (χ2v) is 7.75. The molecule has 1 amide bonds. The molecule has 0 saturated carbocycles. The third kappa shape index (κ3) is 3.63. The molecule has 2 aromatic rings. The van der Waals surface area contributed by atoms with Crippen LogP contribution in [0.1, 0.15) is 12.8 Å². The molecule has 6 nitrogen and oxygen atoms in total. The van der Waals surface area contributed by atoms with E-state index < -0.39 is 16.1 Å². The lowest BCUT2D eigenvalue weighted by atomic mass is 10.1. The zero-order chi connectivity index (χ0) is 17.2. The first-order chi connectivity index (χ1) is 11.4. The Labute approximate surface area is 141 Å². The summed E-state index contributed by atoms with van der Waals surface area (Å²) in [5.41, 5.74) is 1.99. The SMILES string of the molecule is CS(=O)(=O)N1CCC[C@H]1C(=O)Nc1ccc(-c2ccccc2)cn1. The van der Waals surface area contributed by atoms with Gasteiger partial charge in [-0.15, -0.1) is 0 Å². The Balaban J connectivity index is 1.71. The zero-order valence-electron chi connectivity index (χ0n) is 13.3. The highest BCUT2D eigenvalue weighted by molar-refractivity contribution is 7.88. The topological polar surface area (TPSA) is 79.4 Å². The molecule has 126 valence electrons. The molecule has 1 saturated heterocycles. The maximum atomic E-state index is 12.4. The summed E-state index contributed by atoms with van der Waals surface area (Å²) in [6.07, 6.45) is 4.03. The van der Waals surface area contributed by atoms with Gasteiger partial charge in [-0.2, -0.15) is 4.31 Å². The van der Waals surface area contributed by atoms with Gasteiger partial charge in [0.05, 0.1) is 6.26 Å². The van der Waals surface area contributed by atoms with Crippen LogP contribution in [0.15, 0.2) is 48.7 Å². The van der Waals surface area contributed by atoms with Gasteiger partial charge in [0.2, 0.25) is 15.9 Å². The maximum Gasteiger partial charge on any atom is 0.243 e. The van der Waals surface area contributed by atoms with E-state index in [0.717, 1.165) is 17.4 Å². The van der Waals surface area contributed by atoms with Gasteiger partial charge >= 0.3 is 0 Å². The molecule has 0 unspecified atom stereocenters. The summed E-state index contributed by atoms with van der Waals surface area (Å²) < 4.78 is 24.7. The third-order valence-corrected chi connectivity index (χ3v) is 5.34. The van der Waals surface area contributed by atoms with Gasteiger partial charge in [0.15, 0.2) is 0 Å². The molecule has 1 atom stereocenters. The van der Waals surface area contributed by atoms with E-state index >= 15 is 0 Å². The van der Waals surface area contributed by atoms with Crippen molar-refractivity contribution in [2.45, 2.75) is 18.9 Å². The van der Waals surface area contributed by atoms with Gasteiger partial charge in [0.25, 0.3) is 0 Å². The molecule has 0 spiro atoms. The number of pyridine rings is 1. The molecule has 24 heavy (non-hydrogen) atoms. The van der Waals surface area contributed by atoms with E-state index in [0.29, 0.717) is 25.2 Å². The Morgan fingerprint density at radius 3 is 2.54 bits per heavy atom. The lowest BCUT2D eigenvalue weighted by Gasteiger charge is -2.21.